The third kappa shape index (κ3) is 8.59. The Balaban J connectivity index is 1.91. The van der Waals surface area contributed by atoms with Gasteiger partial charge in [0.15, 0.2) is 0 Å². The monoisotopic (exact) mass is 488 g/mol. The van der Waals surface area contributed by atoms with Crippen molar-refractivity contribution in [3.05, 3.63) is 101 Å². The Hall–Kier alpha value is -3.05. The van der Waals surface area contributed by atoms with Crippen molar-refractivity contribution in [3.63, 3.8) is 0 Å². The first kappa shape index (κ1) is 26.6. The molecule has 2 amide bonds. The van der Waals surface area contributed by atoms with Gasteiger partial charge in [-0.2, -0.15) is 0 Å². The van der Waals surface area contributed by atoms with Gasteiger partial charge in [0.2, 0.25) is 11.8 Å². The largest absolute Gasteiger partial charge is 0.350 e. The molecule has 0 saturated carbocycles. The molecule has 3 aromatic carbocycles. The van der Waals surface area contributed by atoms with E-state index in [1.165, 1.54) is 17.3 Å². The van der Waals surface area contributed by atoms with E-state index in [9.17, 15) is 9.59 Å². The van der Waals surface area contributed by atoms with Gasteiger partial charge in [-0.25, -0.2) is 0 Å². The second-order valence-electron chi connectivity index (χ2n) is 10.1. The number of rotatable bonds is 9. The van der Waals surface area contributed by atoms with Gasteiger partial charge in [-0.05, 0) is 57.9 Å². The second-order valence-corrected chi connectivity index (χ2v) is 11.1. The highest BCUT2D eigenvalue weighted by Gasteiger charge is 2.32. The van der Waals surface area contributed by atoms with Gasteiger partial charge in [-0.1, -0.05) is 77.9 Å². The van der Waals surface area contributed by atoms with Gasteiger partial charge >= 0.3 is 0 Å². The van der Waals surface area contributed by atoms with Crippen LogP contribution in [0.4, 0.5) is 0 Å². The quantitative estimate of drug-likeness (QED) is 0.379. The van der Waals surface area contributed by atoms with E-state index < -0.39 is 11.6 Å². The molecule has 3 aromatic rings. The normalized spacial score (nSPS) is 12.1. The van der Waals surface area contributed by atoms with Crippen LogP contribution >= 0.6 is 11.8 Å². The summed E-state index contributed by atoms with van der Waals surface area (Å²) in [4.78, 5) is 30.0. The standard InChI is InChI=1S/C30H36N2O2S/c1-22-11-15-25(16-12-22)20-32(28(33)21-35-26-17-13-23(2)14-18-26)27(29(34)31-30(3,4)5)19-24-9-7-6-8-10-24/h6-18,27H,19-21H2,1-5H3,(H,31,34)/t27-/m0/s1. The van der Waals surface area contributed by atoms with Gasteiger partial charge in [0.05, 0.1) is 5.75 Å². The van der Waals surface area contributed by atoms with Crippen LogP contribution in [0.5, 0.6) is 0 Å². The number of thioether (sulfide) groups is 1. The predicted molar refractivity (Wildman–Crippen MR) is 145 cm³/mol. The third-order valence-corrected chi connectivity index (χ3v) is 6.62. The summed E-state index contributed by atoms with van der Waals surface area (Å²) in [7, 11) is 0. The number of nitrogens with one attached hydrogen (secondary N) is 1. The lowest BCUT2D eigenvalue weighted by Gasteiger charge is -2.34. The molecule has 35 heavy (non-hydrogen) atoms. The van der Waals surface area contributed by atoms with E-state index in [0.717, 1.165) is 21.6 Å². The number of amides is 2. The summed E-state index contributed by atoms with van der Waals surface area (Å²) in [5.74, 6) is 0.0755. The summed E-state index contributed by atoms with van der Waals surface area (Å²) in [6.45, 7) is 10.4. The van der Waals surface area contributed by atoms with Crippen molar-refractivity contribution in [2.45, 2.75) is 64.1 Å². The molecule has 184 valence electrons. The molecule has 0 fully saturated rings. The Bertz CT molecular complexity index is 1100. The zero-order chi connectivity index (χ0) is 25.4. The van der Waals surface area contributed by atoms with E-state index in [2.05, 4.69) is 5.32 Å². The van der Waals surface area contributed by atoms with Crippen molar-refractivity contribution in [2.24, 2.45) is 0 Å². The van der Waals surface area contributed by atoms with E-state index in [-0.39, 0.29) is 17.6 Å². The summed E-state index contributed by atoms with van der Waals surface area (Å²) < 4.78 is 0. The van der Waals surface area contributed by atoms with Gasteiger partial charge in [0, 0.05) is 23.4 Å². The fourth-order valence-corrected chi connectivity index (χ4v) is 4.54. The van der Waals surface area contributed by atoms with Gasteiger partial charge in [0.25, 0.3) is 0 Å². The Morgan fingerprint density at radius 3 is 1.97 bits per heavy atom. The molecule has 0 radical (unpaired) electrons. The highest BCUT2D eigenvalue weighted by atomic mass is 32.2. The molecule has 0 aliphatic heterocycles. The zero-order valence-corrected chi connectivity index (χ0v) is 22.2. The molecule has 0 aliphatic rings. The molecule has 4 nitrogen and oxygen atoms in total. The maximum absolute atomic E-state index is 13.7. The minimum absolute atomic E-state index is 0.0545. The summed E-state index contributed by atoms with van der Waals surface area (Å²) in [6.07, 6.45) is 0.454. The van der Waals surface area contributed by atoms with Crippen LogP contribution < -0.4 is 5.32 Å². The minimum Gasteiger partial charge on any atom is -0.350 e. The van der Waals surface area contributed by atoms with Crippen molar-refractivity contribution >= 4 is 23.6 Å². The topological polar surface area (TPSA) is 49.4 Å². The molecule has 1 atom stereocenters. The molecule has 0 bridgehead atoms. The maximum Gasteiger partial charge on any atom is 0.243 e. The Morgan fingerprint density at radius 2 is 1.40 bits per heavy atom. The average molecular weight is 489 g/mol. The van der Waals surface area contributed by atoms with Crippen LogP contribution in [-0.2, 0) is 22.6 Å². The van der Waals surface area contributed by atoms with E-state index in [1.807, 2.05) is 113 Å². The van der Waals surface area contributed by atoms with Crippen molar-refractivity contribution < 1.29 is 9.59 Å². The number of hydrogen-bond acceptors (Lipinski definition) is 3. The van der Waals surface area contributed by atoms with Crippen LogP contribution in [-0.4, -0.2) is 34.0 Å². The lowest BCUT2D eigenvalue weighted by Crippen LogP contribution is -2.54. The van der Waals surface area contributed by atoms with E-state index >= 15 is 0 Å². The number of carbonyl (C=O) groups is 2. The summed E-state index contributed by atoms with van der Waals surface area (Å²) in [6, 6.07) is 25.6. The number of nitrogens with zero attached hydrogens (tertiary/aromatic N) is 1. The van der Waals surface area contributed by atoms with Gasteiger partial charge in [0.1, 0.15) is 6.04 Å². The van der Waals surface area contributed by atoms with Crippen molar-refractivity contribution in [3.8, 4) is 0 Å². The second kappa shape index (κ2) is 12.1. The molecule has 5 heteroatoms. The minimum atomic E-state index is -0.621. The Labute approximate surface area is 214 Å². The zero-order valence-electron chi connectivity index (χ0n) is 21.4. The van der Waals surface area contributed by atoms with Crippen molar-refractivity contribution in [1.29, 1.82) is 0 Å². The maximum atomic E-state index is 13.7. The number of benzene rings is 3. The van der Waals surface area contributed by atoms with Crippen LogP contribution in [0.3, 0.4) is 0 Å². The third-order valence-electron chi connectivity index (χ3n) is 5.63. The fourth-order valence-electron chi connectivity index (χ4n) is 3.76. The molecule has 0 spiro atoms. The smallest absolute Gasteiger partial charge is 0.243 e. The Morgan fingerprint density at radius 1 is 0.829 bits per heavy atom. The van der Waals surface area contributed by atoms with Crippen LogP contribution in [0.2, 0.25) is 0 Å². The van der Waals surface area contributed by atoms with Gasteiger partial charge < -0.3 is 10.2 Å². The molecule has 0 aromatic heterocycles. The SMILES string of the molecule is Cc1ccc(CN(C(=O)CSc2ccc(C)cc2)[C@@H](Cc2ccccc2)C(=O)NC(C)(C)C)cc1. The summed E-state index contributed by atoms with van der Waals surface area (Å²) >= 11 is 1.50. The molecule has 0 saturated heterocycles. The van der Waals surface area contributed by atoms with Crippen LogP contribution in [0.15, 0.2) is 83.8 Å². The van der Waals surface area contributed by atoms with E-state index in [1.54, 1.807) is 4.90 Å². The summed E-state index contributed by atoms with van der Waals surface area (Å²) in [5.41, 5.74) is 3.97. The first-order valence-corrected chi connectivity index (χ1v) is 13.0. The lowest BCUT2D eigenvalue weighted by molar-refractivity contribution is -0.140. The highest BCUT2D eigenvalue weighted by Crippen LogP contribution is 2.22. The molecule has 0 aliphatic carbocycles. The lowest BCUT2D eigenvalue weighted by atomic mass is 10.0. The van der Waals surface area contributed by atoms with Crippen molar-refractivity contribution in [2.75, 3.05) is 5.75 Å². The highest BCUT2D eigenvalue weighted by molar-refractivity contribution is 8.00. The first-order valence-electron chi connectivity index (χ1n) is 12.0. The molecule has 0 unspecified atom stereocenters. The molecule has 3 rings (SSSR count). The summed E-state index contributed by atoms with van der Waals surface area (Å²) in [5, 5.41) is 3.11. The predicted octanol–water partition coefficient (Wildman–Crippen LogP) is 5.95. The number of hydrogen-bond donors (Lipinski definition) is 1. The van der Waals surface area contributed by atoms with Gasteiger partial charge in [-0.15, -0.1) is 11.8 Å². The average Bonchev–Trinajstić information content (AvgIpc) is 2.81. The van der Waals surface area contributed by atoms with E-state index in [4.69, 9.17) is 0 Å². The van der Waals surface area contributed by atoms with Crippen LogP contribution in [0, 0.1) is 13.8 Å². The number of aryl methyl sites for hydroxylation is 2. The van der Waals surface area contributed by atoms with E-state index in [0.29, 0.717) is 13.0 Å². The molecular formula is C30H36N2O2S. The van der Waals surface area contributed by atoms with Gasteiger partial charge in [-0.3, -0.25) is 9.59 Å². The van der Waals surface area contributed by atoms with Crippen LogP contribution in [0.25, 0.3) is 0 Å². The fraction of sp³-hybridized carbons (Fsp3) is 0.333. The van der Waals surface area contributed by atoms with Crippen LogP contribution in [0.1, 0.15) is 43.0 Å². The molecule has 0 heterocycles. The van der Waals surface area contributed by atoms with Crippen molar-refractivity contribution in [1.82, 2.24) is 10.2 Å². The molecule has 1 N–H and O–H groups in total. The number of carbonyl (C=O) groups excluding carboxylic acids is 2. The Kier molecular flexibility index (Phi) is 9.16. The first-order chi connectivity index (χ1) is 16.6. The molecular weight excluding hydrogens is 452 g/mol.